The molecule has 32 heavy (non-hydrogen) atoms. The van der Waals surface area contributed by atoms with Crippen molar-refractivity contribution in [2.75, 3.05) is 13.1 Å². The molecule has 5 rings (SSSR count). The van der Waals surface area contributed by atoms with Gasteiger partial charge in [-0.1, -0.05) is 0 Å². The number of likely N-dealkylation sites (tertiary alicyclic amines) is 1. The lowest BCUT2D eigenvalue weighted by molar-refractivity contribution is -0.131. The van der Waals surface area contributed by atoms with Gasteiger partial charge in [-0.05, 0) is 59.4 Å². The third-order valence-electron chi connectivity index (χ3n) is 6.63. The molecule has 3 aromatic heterocycles. The summed E-state index contributed by atoms with van der Waals surface area (Å²) in [5, 5.41) is 12.2. The van der Waals surface area contributed by atoms with E-state index in [9.17, 15) is 4.79 Å². The minimum atomic E-state index is 0.145. The van der Waals surface area contributed by atoms with Crippen LogP contribution >= 0.6 is 0 Å². The molecule has 0 unspecified atom stereocenters. The average Bonchev–Trinajstić information content (AvgIpc) is 3.43. The monoisotopic (exact) mass is 434 g/mol. The molecule has 2 fully saturated rings. The highest BCUT2D eigenvalue weighted by Gasteiger charge is 2.31. The van der Waals surface area contributed by atoms with E-state index >= 15 is 0 Å². The van der Waals surface area contributed by atoms with Crippen LogP contribution in [-0.2, 0) is 11.2 Å². The van der Waals surface area contributed by atoms with E-state index in [4.69, 9.17) is 4.98 Å². The van der Waals surface area contributed by atoms with Crippen molar-refractivity contribution in [1.82, 2.24) is 39.8 Å². The highest BCUT2D eigenvalue weighted by atomic mass is 16.2. The van der Waals surface area contributed by atoms with Crippen LogP contribution in [0.25, 0.3) is 5.95 Å². The predicted molar refractivity (Wildman–Crippen MR) is 119 cm³/mol. The zero-order chi connectivity index (χ0) is 22.4. The summed E-state index contributed by atoms with van der Waals surface area (Å²) in [5.41, 5.74) is 4.53. The molecule has 1 amide bonds. The molecule has 1 saturated carbocycles. The summed E-state index contributed by atoms with van der Waals surface area (Å²) < 4.78 is 1.76. The zero-order valence-corrected chi connectivity index (χ0v) is 19.2. The second kappa shape index (κ2) is 8.11. The Morgan fingerprint density at radius 1 is 1.00 bits per heavy atom. The molecule has 0 spiro atoms. The van der Waals surface area contributed by atoms with E-state index in [2.05, 4.69) is 25.3 Å². The van der Waals surface area contributed by atoms with Gasteiger partial charge in [0.05, 0.1) is 12.1 Å². The van der Waals surface area contributed by atoms with Gasteiger partial charge in [0.15, 0.2) is 5.82 Å². The van der Waals surface area contributed by atoms with Gasteiger partial charge in [0.2, 0.25) is 5.91 Å². The molecular weight excluding hydrogens is 404 g/mol. The summed E-state index contributed by atoms with van der Waals surface area (Å²) in [5.74, 6) is 3.57. The SMILES string of the molecule is Cc1cc(C)nc(-n2nc(C)c(CC(=O)N3CCC(c4nc(C5CC5)n[nH]4)CC3)c2C)n1. The molecule has 1 saturated heterocycles. The van der Waals surface area contributed by atoms with Crippen LogP contribution in [-0.4, -0.2) is 58.8 Å². The Kier molecular flexibility index (Phi) is 5.27. The largest absolute Gasteiger partial charge is 0.342 e. The van der Waals surface area contributed by atoms with Crippen LogP contribution in [0, 0.1) is 27.7 Å². The number of hydrogen-bond donors (Lipinski definition) is 1. The number of H-pyrrole nitrogens is 1. The van der Waals surface area contributed by atoms with E-state index in [1.54, 1.807) is 4.68 Å². The minimum absolute atomic E-state index is 0.145. The molecule has 0 aromatic carbocycles. The summed E-state index contributed by atoms with van der Waals surface area (Å²) >= 11 is 0. The second-order valence-corrected chi connectivity index (χ2v) is 9.20. The van der Waals surface area contributed by atoms with Crippen molar-refractivity contribution in [2.24, 2.45) is 0 Å². The van der Waals surface area contributed by atoms with E-state index < -0.39 is 0 Å². The molecule has 1 N–H and O–H groups in total. The molecule has 4 heterocycles. The number of amides is 1. The lowest BCUT2D eigenvalue weighted by Crippen LogP contribution is -2.39. The number of rotatable bonds is 5. The van der Waals surface area contributed by atoms with Gasteiger partial charge in [-0.25, -0.2) is 19.6 Å². The van der Waals surface area contributed by atoms with Crippen LogP contribution in [0.3, 0.4) is 0 Å². The Hall–Kier alpha value is -3.10. The molecule has 9 nitrogen and oxygen atoms in total. The summed E-state index contributed by atoms with van der Waals surface area (Å²) in [6.45, 7) is 9.32. The fraction of sp³-hybridized carbons (Fsp3) is 0.565. The highest BCUT2D eigenvalue weighted by Crippen LogP contribution is 2.38. The summed E-state index contributed by atoms with van der Waals surface area (Å²) in [4.78, 5) is 28.8. The highest BCUT2D eigenvalue weighted by molar-refractivity contribution is 5.79. The maximum absolute atomic E-state index is 13.1. The fourth-order valence-electron chi connectivity index (χ4n) is 4.59. The maximum Gasteiger partial charge on any atom is 0.251 e. The van der Waals surface area contributed by atoms with Gasteiger partial charge in [-0.15, -0.1) is 0 Å². The van der Waals surface area contributed by atoms with Gasteiger partial charge in [0.25, 0.3) is 5.95 Å². The molecule has 0 atom stereocenters. The Balaban J connectivity index is 1.25. The number of nitrogens with one attached hydrogen (secondary N) is 1. The van der Waals surface area contributed by atoms with Crippen LogP contribution in [0.5, 0.6) is 0 Å². The quantitative estimate of drug-likeness (QED) is 0.662. The molecule has 168 valence electrons. The Morgan fingerprint density at radius 2 is 1.69 bits per heavy atom. The van der Waals surface area contributed by atoms with Gasteiger partial charge in [0.1, 0.15) is 5.82 Å². The molecule has 0 bridgehead atoms. The van der Waals surface area contributed by atoms with E-state index in [0.717, 1.165) is 65.9 Å². The molecule has 1 aliphatic heterocycles. The van der Waals surface area contributed by atoms with E-state index in [1.165, 1.54) is 12.8 Å². The number of aromatic amines is 1. The fourth-order valence-corrected chi connectivity index (χ4v) is 4.59. The molecule has 9 heteroatoms. The Labute approximate surface area is 187 Å². The number of nitrogens with zero attached hydrogens (tertiary/aromatic N) is 7. The number of carbonyl (C=O) groups excluding carboxylic acids is 1. The molecular formula is C23H30N8O. The first-order valence-electron chi connectivity index (χ1n) is 11.5. The number of aromatic nitrogens is 7. The van der Waals surface area contributed by atoms with E-state index in [-0.39, 0.29) is 5.91 Å². The van der Waals surface area contributed by atoms with Crippen molar-refractivity contribution in [3.8, 4) is 5.95 Å². The number of aryl methyl sites for hydroxylation is 3. The third kappa shape index (κ3) is 4.03. The molecule has 2 aliphatic rings. The van der Waals surface area contributed by atoms with Crippen molar-refractivity contribution in [3.63, 3.8) is 0 Å². The van der Waals surface area contributed by atoms with Crippen LogP contribution < -0.4 is 0 Å². The van der Waals surface area contributed by atoms with E-state index in [1.807, 2.05) is 38.7 Å². The van der Waals surface area contributed by atoms with Gasteiger partial charge in [-0.2, -0.15) is 10.2 Å². The normalized spacial score (nSPS) is 17.2. The number of piperidine rings is 1. The predicted octanol–water partition coefficient (Wildman–Crippen LogP) is 2.84. The Bertz CT molecular complexity index is 1130. The topological polar surface area (TPSA) is 105 Å². The van der Waals surface area contributed by atoms with Gasteiger partial charge in [-0.3, -0.25) is 9.89 Å². The first kappa shape index (κ1) is 20.8. The first-order chi connectivity index (χ1) is 15.4. The standard InChI is InChI=1S/C23H30N8O/c1-13-11-14(2)25-23(24-13)31-16(4)19(15(3)29-31)12-20(32)30-9-7-18(8-10-30)22-26-21(27-28-22)17-5-6-17/h11,17-18H,5-10,12H2,1-4H3,(H,26,27,28). The average molecular weight is 435 g/mol. The first-order valence-corrected chi connectivity index (χ1v) is 11.5. The van der Waals surface area contributed by atoms with Gasteiger partial charge < -0.3 is 4.90 Å². The zero-order valence-electron chi connectivity index (χ0n) is 19.2. The van der Waals surface area contributed by atoms with Crippen molar-refractivity contribution in [2.45, 2.75) is 71.6 Å². The number of hydrogen-bond acceptors (Lipinski definition) is 6. The minimum Gasteiger partial charge on any atom is -0.342 e. The Morgan fingerprint density at radius 3 is 2.34 bits per heavy atom. The summed E-state index contributed by atoms with van der Waals surface area (Å²) in [6, 6.07) is 1.94. The lowest BCUT2D eigenvalue weighted by Gasteiger charge is -2.31. The van der Waals surface area contributed by atoms with Crippen molar-refractivity contribution in [3.05, 3.63) is 46.1 Å². The van der Waals surface area contributed by atoms with Crippen molar-refractivity contribution < 1.29 is 4.79 Å². The summed E-state index contributed by atoms with van der Waals surface area (Å²) in [6.07, 6.45) is 4.59. The van der Waals surface area contributed by atoms with Gasteiger partial charge in [0, 0.05) is 47.6 Å². The summed E-state index contributed by atoms with van der Waals surface area (Å²) in [7, 11) is 0. The molecule has 1 aliphatic carbocycles. The van der Waals surface area contributed by atoms with Gasteiger partial charge >= 0.3 is 0 Å². The van der Waals surface area contributed by atoms with E-state index in [0.29, 0.717) is 24.2 Å². The molecule has 3 aromatic rings. The maximum atomic E-state index is 13.1. The third-order valence-corrected chi connectivity index (χ3v) is 6.63. The lowest BCUT2D eigenvalue weighted by atomic mass is 9.95. The van der Waals surface area contributed by atoms with Crippen LogP contribution in [0.1, 0.15) is 77.5 Å². The molecule has 0 radical (unpaired) electrons. The van der Waals surface area contributed by atoms with Crippen LogP contribution in [0.2, 0.25) is 0 Å². The van der Waals surface area contributed by atoms with Crippen molar-refractivity contribution >= 4 is 5.91 Å². The number of carbonyl (C=O) groups is 1. The van der Waals surface area contributed by atoms with Crippen molar-refractivity contribution in [1.29, 1.82) is 0 Å². The van der Waals surface area contributed by atoms with Crippen LogP contribution in [0.4, 0.5) is 0 Å². The smallest absolute Gasteiger partial charge is 0.251 e. The second-order valence-electron chi connectivity index (χ2n) is 9.20. The van der Waals surface area contributed by atoms with Crippen LogP contribution in [0.15, 0.2) is 6.07 Å².